The van der Waals surface area contributed by atoms with Crippen LogP contribution in [0.1, 0.15) is 26.2 Å². The van der Waals surface area contributed by atoms with Crippen molar-refractivity contribution < 1.29 is 14.6 Å². The summed E-state index contributed by atoms with van der Waals surface area (Å²) in [6.45, 7) is 2.78. The fourth-order valence-corrected chi connectivity index (χ4v) is 1.49. The molecule has 0 bridgehead atoms. The van der Waals surface area contributed by atoms with Crippen molar-refractivity contribution in [3.05, 3.63) is 12.4 Å². The Kier molecular flexibility index (Phi) is 5.90. The Hall–Kier alpha value is -1.85. The van der Waals surface area contributed by atoms with E-state index >= 15 is 0 Å². The standard InChI is InChI=1S/C12H19N3O3/c1-9(3-4-12(16)17)5-6-14-10-7-13-8-11(15-10)18-2/h7-9H,3-6H2,1-2H3,(H,14,15)(H,16,17). The molecule has 0 aliphatic heterocycles. The summed E-state index contributed by atoms with van der Waals surface area (Å²) < 4.78 is 4.97. The number of methoxy groups -OCH3 is 1. The smallest absolute Gasteiger partial charge is 0.303 e. The number of hydrogen-bond acceptors (Lipinski definition) is 5. The van der Waals surface area contributed by atoms with Crippen molar-refractivity contribution in [2.45, 2.75) is 26.2 Å². The van der Waals surface area contributed by atoms with Gasteiger partial charge >= 0.3 is 5.97 Å². The van der Waals surface area contributed by atoms with Crippen LogP contribution in [-0.4, -0.2) is 34.7 Å². The van der Waals surface area contributed by atoms with Crippen molar-refractivity contribution >= 4 is 11.8 Å². The minimum Gasteiger partial charge on any atom is -0.481 e. The van der Waals surface area contributed by atoms with Gasteiger partial charge in [-0.25, -0.2) is 0 Å². The van der Waals surface area contributed by atoms with E-state index < -0.39 is 5.97 Å². The third-order valence-electron chi connectivity index (χ3n) is 2.62. The normalized spacial score (nSPS) is 11.9. The number of anilines is 1. The molecule has 0 fully saturated rings. The van der Waals surface area contributed by atoms with E-state index in [1.54, 1.807) is 19.5 Å². The van der Waals surface area contributed by atoms with E-state index in [-0.39, 0.29) is 6.42 Å². The minimum atomic E-state index is -0.742. The summed E-state index contributed by atoms with van der Waals surface area (Å²) in [5.74, 6) is 0.763. The molecule has 1 aromatic heterocycles. The van der Waals surface area contributed by atoms with Crippen LogP contribution in [0.5, 0.6) is 5.88 Å². The van der Waals surface area contributed by atoms with Crippen molar-refractivity contribution in [2.24, 2.45) is 5.92 Å². The molecule has 0 aliphatic carbocycles. The first-order chi connectivity index (χ1) is 8.61. The molecule has 6 nitrogen and oxygen atoms in total. The molecule has 1 rings (SSSR count). The largest absolute Gasteiger partial charge is 0.481 e. The first-order valence-corrected chi connectivity index (χ1v) is 5.93. The highest BCUT2D eigenvalue weighted by Crippen LogP contribution is 2.12. The van der Waals surface area contributed by atoms with Crippen molar-refractivity contribution in [3.63, 3.8) is 0 Å². The summed E-state index contributed by atoms with van der Waals surface area (Å²) in [5, 5.41) is 11.7. The number of hydrogen-bond donors (Lipinski definition) is 2. The van der Waals surface area contributed by atoms with E-state index in [1.165, 1.54) is 0 Å². The number of carboxylic acid groups (broad SMARTS) is 1. The Morgan fingerprint density at radius 1 is 1.50 bits per heavy atom. The lowest BCUT2D eigenvalue weighted by molar-refractivity contribution is -0.137. The van der Waals surface area contributed by atoms with E-state index in [9.17, 15) is 4.79 Å². The Bertz CT molecular complexity index is 385. The molecule has 0 amide bonds. The zero-order valence-electron chi connectivity index (χ0n) is 10.7. The minimum absolute atomic E-state index is 0.222. The molecule has 0 saturated heterocycles. The van der Waals surface area contributed by atoms with Crippen molar-refractivity contribution in [3.8, 4) is 5.88 Å². The number of aromatic nitrogens is 2. The van der Waals surface area contributed by atoms with Crippen LogP contribution in [0.3, 0.4) is 0 Å². The lowest BCUT2D eigenvalue weighted by Crippen LogP contribution is -2.09. The molecule has 0 aliphatic rings. The molecular formula is C12H19N3O3. The topological polar surface area (TPSA) is 84.3 Å². The van der Waals surface area contributed by atoms with Gasteiger partial charge in [-0.15, -0.1) is 0 Å². The summed E-state index contributed by atoms with van der Waals surface area (Å²) in [4.78, 5) is 18.6. The SMILES string of the molecule is COc1cncc(NCCC(C)CCC(=O)O)n1. The Balaban J connectivity index is 2.26. The van der Waals surface area contributed by atoms with E-state index in [4.69, 9.17) is 9.84 Å². The molecule has 6 heteroatoms. The number of nitrogens with zero attached hydrogens (tertiary/aromatic N) is 2. The molecule has 1 aromatic rings. The van der Waals surface area contributed by atoms with Gasteiger partial charge in [-0.3, -0.25) is 9.78 Å². The highest BCUT2D eigenvalue weighted by atomic mass is 16.5. The summed E-state index contributed by atoms with van der Waals surface area (Å²) in [6.07, 6.45) is 4.98. The maximum absolute atomic E-state index is 10.4. The molecule has 0 radical (unpaired) electrons. The highest BCUT2D eigenvalue weighted by molar-refractivity contribution is 5.66. The van der Waals surface area contributed by atoms with Gasteiger partial charge in [0.2, 0.25) is 5.88 Å². The number of nitrogens with one attached hydrogen (secondary N) is 1. The van der Waals surface area contributed by atoms with Crippen molar-refractivity contribution in [1.29, 1.82) is 0 Å². The summed E-state index contributed by atoms with van der Waals surface area (Å²) >= 11 is 0. The molecule has 100 valence electrons. The van der Waals surface area contributed by atoms with E-state index in [0.29, 0.717) is 24.0 Å². The van der Waals surface area contributed by atoms with Crippen LogP contribution in [0.15, 0.2) is 12.4 Å². The molecule has 2 N–H and O–H groups in total. The van der Waals surface area contributed by atoms with E-state index in [2.05, 4.69) is 15.3 Å². The predicted molar refractivity (Wildman–Crippen MR) is 67.7 cm³/mol. The molecule has 0 saturated carbocycles. The van der Waals surface area contributed by atoms with Gasteiger partial charge in [-0.1, -0.05) is 6.92 Å². The van der Waals surface area contributed by atoms with Crippen LogP contribution in [0.2, 0.25) is 0 Å². The first-order valence-electron chi connectivity index (χ1n) is 5.93. The second-order valence-corrected chi connectivity index (χ2v) is 4.20. The predicted octanol–water partition coefficient (Wildman–Crippen LogP) is 1.79. The number of aliphatic carboxylic acids is 1. The zero-order chi connectivity index (χ0) is 13.4. The van der Waals surface area contributed by atoms with E-state index in [1.807, 2.05) is 6.92 Å². The number of rotatable bonds is 8. The maximum Gasteiger partial charge on any atom is 0.303 e. The van der Waals surface area contributed by atoms with Gasteiger partial charge in [0.05, 0.1) is 19.5 Å². The zero-order valence-corrected chi connectivity index (χ0v) is 10.7. The van der Waals surface area contributed by atoms with Gasteiger partial charge in [-0.05, 0) is 18.8 Å². The molecule has 1 heterocycles. The van der Waals surface area contributed by atoms with Crippen LogP contribution < -0.4 is 10.1 Å². The van der Waals surface area contributed by atoms with Crippen LogP contribution in [-0.2, 0) is 4.79 Å². The van der Waals surface area contributed by atoms with Crippen molar-refractivity contribution in [2.75, 3.05) is 19.0 Å². The molecule has 0 spiro atoms. The molecular weight excluding hydrogens is 234 g/mol. The molecule has 1 unspecified atom stereocenters. The Morgan fingerprint density at radius 3 is 2.94 bits per heavy atom. The van der Waals surface area contributed by atoms with Gasteiger partial charge in [-0.2, -0.15) is 4.98 Å². The van der Waals surface area contributed by atoms with Crippen LogP contribution in [0, 0.1) is 5.92 Å². The summed E-state index contributed by atoms with van der Waals surface area (Å²) in [5.41, 5.74) is 0. The van der Waals surface area contributed by atoms with E-state index in [0.717, 1.165) is 13.0 Å². The summed E-state index contributed by atoms with van der Waals surface area (Å²) in [7, 11) is 1.54. The average Bonchev–Trinajstić information content (AvgIpc) is 2.36. The highest BCUT2D eigenvalue weighted by Gasteiger charge is 2.05. The average molecular weight is 253 g/mol. The number of carboxylic acids is 1. The van der Waals surface area contributed by atoms with Gasteiger partial charge in [0.1, 0.15) is 5.82 Å². The van der Waals surface area contributed by atoms with Crippen LogP contribution in [0.25, 0.3) is 0 Å². The second-order valence-electron chi connectivity index (χ2n) is 4.20. The van der Waals surface area contributed by atoms with Gasteiger partial charge in [0, 0.05) is 13.0 Å². The first kappa shape index (κ1) is 14.2. The third-order valence-corrected chi connectivity index (χ3v) is 2.62. The second kappa shape index (κ2) is 7.47. The lowest BCUT2D eigenvalue weighted by Gasteiger charge is -2.11. The molecule has 0 aromatic carbocycles. The Labute approximate surface area is 106 Å². The molecule has 1 atom stereocenters. The monoisotopic (exact) mass is 253 g/mol. The van der Waals surface area contributed by atoms with Crippen LogP contribution in [0.4, 0.5) is 5.82 Å². The fourth-order valence-electron chi connectivity index (χ4n) is 1.49. The summed E-state index contributed by atoms with van der Waals surface area (Å²) in [6, 6.07) is 0. The third kappa shape index (κ3) is 5.47. The quantitative estimate of drug-likeness (QED) is 0.734. The Morgan fingerprint density at radius 2 is 2.28 bits per heavy atom. The van der Waals surface area contributed by atoms with Gasteiger partial charge < -0.3 is 15.2 Å². The number of carbonyl (C=O) groups is 1. The van der Waals surface area contributed by atoms with Gasteiger partial charge in [0.15, 0.2) is 0 Å². The molecule has 18 heavy (non-hydrogen) atoms. The fraction of sp³-hybridized carbons (Fsp3) is 0.583. The van der Waals surface area contributed by atoms with Crippen LogP contribution >= 0.6 is 0 Å². The number of ether oxygens (including phenoxy) is 1. The van der Waals surface area contributed by atoms with Gasteiger partial charge in [0.25, 0.3) is 0 Å². The van der Waals surface area contributed by atoms with Crippen molar-refractivity contribution in [1.82, 2.24) is 9.97 Å². The lowest BCUT2D eigenvalue weighted by atomic mass is 10.0. The maximum atomic E-state index is 10.4.